The first-order valence-electron chi connectivity index (χ1n) is 5.95. The maximum absolute atomic E-state index is 12.5. The molecule has 19 heavy (non-hydrogen) atoms. The van der Waals surface area contributed by atoms with E-state index in [0.29, 0.717) is 5.69 Å². The summed E-state index contributed by atoms with van der Waals surface area (Å²) in [6.07, 6.45) is 1.78. The van der Waals surface area contributed by atoms with Crippen LogP contribution in [0.5, 0.6) is 0 Å². The molecule has 2 heterocycles. The van der Waals surface area contributed by atoms with Crippen LogP contribution in [0.15, 0.2) is 22.1 Å². The van der Waals surface area contributed by atoms with E-state index in [0.717, 1.165) is 33.1 Å². The van der Waals surface area contributed by atoms with E-state index < -0.39 is 0 Å². The average Bonchev–Trinajstić information content (AvgIpc) is 2.62. The molecule has 2 rings (SSSR count). The van der Waals surface area contributed by atoms with Crippen molar-refractivity contribution in [3.8, 4) is 0 Å². The SMILES string of the molecule is C=C=Cc1c(C)c2c(=C)c(C)c(N=C)c(=O)n2c1C. The first-order valence-corrected chi connectivity index (χ1v) is 5.95. The molecule has 3 heteroatoms. The zero-order valence-electron chi connectivity index (χ0n) is 11.5. The third kappa shape index (κ3) is 1.60. The summed E-state index contributed by atoms with van der Waals surface area (Å²) in [5, 5.41) is 0.811. The zero-order valence-corrected chi connectivity index (χ0v) is 11.5. The van der Waals surface area contributed by atoms with Gasteiger partial charge in [-0.1, -0.05) is 13.2 Å². The lowest BCUT2D eigenvalue weighted by molar-refractivity contribution is 1.03. The van der Waals surface area contributed by atoms with Crippen molar-refractivity contribution in [1.82, 2.24) is 4.40 Å². The van der Waals surface area contributed by atoms with Gasteiger partial charge in [0.2, 0.25) is 0 Å². The Hall–Kier alpha value is -2.38. The van der Waals surface area contributed by atoms with Gasteiger partial charge in [0.15, 0.2) is 0 Å². The van der Waals surface area contributed by atoms with Gasteiger partial charge in [0, 0.05) is 11.3 Å². The molecule has 0 saturated heterocycles. The number of aryl methyl sites for hydroxylation is 2. The predicted molar refractivity (Wildman–Crippen MR) is 81.4 cm³/mol. The Kier molecular flexibility index (Phi) is 3.01. The van der Waals surface area contributed by atoms with E-state index in [-0.39, 0.29) is 5.56 Å². The molecule has 0 fully saturated rings. The van der Waals surface area contributed by atoms with Crippen molar-refractivity contribution in [1.29, 1.82) is 0 Å². The summed E-state index contributed by atoms with van der Waals surface area (Å²) < 4.78 is 1.65. The second-order valence-corrected chi connectivity index (χ2v) is 4.57. The quantitative estimate of drug-likeness (QED) is 0.597. The number of aliphatic imine (C=N–C) groups is 1. The second kappa shape index (κ2) is 4.38. The van der Waals surface area contributed by atoms with Crippen LogP contribution in [0, 0.1) is 20.8 Å². The number of fused-ring (bicyclic) bond motifs is 1. The summed E-state index contributed by atoms with van der Waals surface area (Å²) in [5.74, 6) is 0. The number of hydrogen-bond donors (Lipinski definition) is 0. The van der Waals surface area contributed by atoms with Crippen LogP contribution in [-0.4, -0.2) is 11.1 Å². The van der Waals surface area contributed by atoms with Crippen molar-refractivity contribution < 1.29 is 0 Å². The van der Waals surface area contributed by atoms with Crippen molar-refractivity contribution in [2.24, 2.45) is 4.99 Å². The average molecular weight is 252 g/mol. The molecule has 3 nitrogen and oxygen atoms in total. The largest absolute Gasteiger partial charge is 0.281 e. The fraction of sp³-hybridized carbons (Fsp3) is 0.188. The Morgan fingerprint density at radius 3 is 2.42 bits per heavy atom. The molecule has 0 spiro atoms. The molecule has 0 radical (unpaired) electrons. The molecular formula is C16H16N2O. The van der Waals surface area contributed by atoms with E-state index in [1.807, 2.05) is 20.8 Å². The first kappa shape index (κ1) is 13.1. The van der Waals surface area contributed by atoms with Gasteiger partial charge < -0.3 is 0 Å². The molecule has 0 aliphatic heterocycles. The number of pyridine rings is 1. The van der Waals surface area contributed by atoms with Crippen molar-refractivity contribution in [3.63, 3.8) is 0 Å². The maximum atomic E-state index is 12.5. The summed E-state index contributed by atoms with van der Waals surface area (Å²) >= 11 is 0. The summed E-state index contributed by atoms with van der Waals surface area (Å²) in [5.41, 5.74) is 7.41. The minimum atomic E-state index is -0.154. The van der Waals surface area contributed by atoms with Gasteiger partial charge in [-0.2, -0.15) is 0 Å². The van der Waals surface area contributed by atoms with E-state index in [1.165, 1.54) is 0 Å². The minimum Gasteiger partial charge on any atom is -0.278 e. The standard InChI is InChI=1S/C16H16N2O/c1-7-8-13-11(4)15-10(3)9(2)14(17-6)16(19)18(15)12(13)5/h8H,1,3,6H2,2,4-5H3. The third-order valence-electron chi connectivity index (χ3n) is 3.61. The van der Waals surface area contributed by atoms with E-state index in [2.05, 4.69) is 30.6 Å². The molecule has 0 bridgehead atoms. The van der Waals surface area contributed by atoms with Crippen LogP contribution < -0.4 is 10.8 Å². The van der Waals surface area contributed by atoms with Gasteiger partial charge in [-0.3, -0.25) is 14.2 Å². The van der Waals surface area contributed by atoms with Crippen LogP contribution in [0.1, 0.15) is 22.4 Å². The van der Waals surface area contributed by atoms with E-state index in [4.69, 9.17) is 0 Å². The van der Waals surface area contributed by atoms with Crippen molar-refractivity contribution in [3.05, 3.63) is 50.3 Å². The van der Waals surface area contributed by atoms with Gasteiger partial charge in [-0.05, 0) is 49.9 Å². The van der Waals surface area contributed by atoms with Crippen LogP contribution in [0.3, 0.4) is 0 Å². The maximum Gasteiger partial charge on any atom is 0.281 e. The summed E-state index contributed by atoms with van der Waals surface area (Å²) in [4.78, 5) is 16.3. The molecule has 0 unspecified atom stereocenters. The monoisotopic (exact) mass is 252 g/mol. The lowest BCUT2D eigenvalue weighted by Crippen LogP contribution is -2.22. The van der Waals surface area contributed by atoms with Crippen molar-refractivity contribution >= 4 is 30.6 Å². The molecule has 96 valence electrons. The Bertz CT molecular complexity index is 850. The number of nitrogens with zero attached hydrogens (tertiary/aromatic N) is 2. The van der Waals surface area contributed by atoms with Crippen molar-refractivity contribution in [2.75, 3.05) is 0 Å². The van der Waals surface area contributed by atoms with Crippen LogP contribution in [-0.2, 0) is 0 Å². The highest BCUT2D eigenvalue weighted by molar-refractivity contribution is 5.73. The van der Waals surface area contributed by atoms with Gasteiger partial charge in [0.25, 0.3) is 5.56 Å². The summed E-state index contributed by atoms with van der Waals surface area (Å²) in [7, 11) is 0. The summed E-state index contributed by atoms with van der Waals surface area (Å²) in [6.45, 7) is 16.9. The molecule has 0 amide bonds. The fourth-order valence-corrected chi connectivity index (χ4v) is 2.56. The molecular weight excluding hydrogens is 236 g/mol. The Balaban J connectivity index is 3.24. The lowest BCUT2D eigenvalue weighted by atomic mass is 10.1. The highest BCUT2D eigenvalue weighted by atomic mass is 16.1. The van der Waals surface area contributed by atoms with Crippen LogP contribution in [0.25, 0.3) is 18.2 Å². The van der Waals surface area contributed by atoms with Crippen LogP contribution in [0.4, 0.5) is 5.69 Å². The number of rotatable bonds is 2. The van der Waals surface area contributed by atoms with Crippen LogP contribution in [0.2, 0.25) is 0 Å². The third-order valence-corrected chi connectivity index (χ3v) is 3.61. The topological polar surface area (TPSA) is 33.8 Å². The van der Waals surface area contributed by atoms with Gasteiger partial charge >= 0.3 is 0 Å². The van der Waals surface area contributed by atoms with Crippen LogP contribution >= 0.6 is 0 Å². The van der Waals surface area contributed by atoms with E-state index in [1.54, 1.807) is 10.5 Å². The van der Waals surface area contributed by atoms with Gasteiger partial charge in [-0.15, -0.1) is 5.73 Å². The molecule has 2 aromatic rings. The molecule has 2 aromatic heterocycles. The number of hydrogen-bond acceptors (Lipinski definition) is 2. The predicted octanol–water partition coefficient (Wildman–Crippen LogP) is 2.48. The first-order chi connectivity index (χ1) is 8.95. The van der Waals surface area contributed by atoms with Crippen molar-refractivity contribution in [2.45, 2.75) is 20.8 Å². The molecule has 0 aromatic carbocycles. The minimum absolute atomic E-state index is 0.154. The highest BCUT2D eigenvalue weighted by Gasteiger charge is 2.17. The Labute approximate surface area is 111 Å². The molecule has 0 saturated carbocycles. The van der Waals surface area contributed by atoms with Gasteiger partial charge in [-0.25, -0.2) is 0 Å². The Morgan fingerprint density at radius 1 is 1.26 bits per heavy atom. The van der Waals surface area contributed by atoms with E-state index >= 15 is 0 Å². The number of aromatic nitrogens is 1. The molecule has 0 aliphatic carbocycles. The normalized spacial score (nSPS) is 10.5. The molecule has 0 aliphatic rings. The highest BCUT2D eigenvalue weighted by Crippen LogP contribution is 2.22. The molecule has 0 N–H and O–H groups in total. The second-order valence-electron chi connectivity index (χ2n) is 4.57. The smallest absolute Gasteiger partial charge is 0.278 e. The van der Waals surface area contributed by atoms with Gasteiger partial charge in [0.1, 0.15) is 5.69 Å². The van der Waals surface area contributed by atoms with E-state index in [9.17, 15) is 4.79 Å². The zero-order chi connectivity index (χ0) is 14.3. The summed E-state index contributed by atoms with van der Waals surface area (Å²) in [6, 6.07) is 0. The Morgan fingerprint density at radius 2 is 1.89 bits per heavy atom. The lowest BCUT2D eigenvalue weighted by Gasteiger charge is -2.04. The molecule has 0 atom stereocenters. The van der Waals surface area contributed by atoms with Gasteiger partial charge in [0.05, 0.1) is 5.52 Å². The fourth-order valence-electron chi connectivity index (χ4n) is 2.56.